The van der Waals surface area contributed by atoms with E-state index in [9.17, 15) is 13.2 Å². The Labute approximate surface area is 110 Å². The number of halogens is 3. The van der Waals surface area contributed by atoms with Gasteiger partial charge in [0.05, 0.1) is 11.3 Å². The van der Waals surface area contributed by atoms with Gasteiger partial charge in [0.25, 0.3) is 0 Å². The van der Waals surface area contributed by atoms with E-state index in [1.807, 2.05) is 0 Å². The van der Waals surface area contributed by atoms with Crippen LogP contribution in [0, 0.1) is 6.92 Å². The topological polar surface area (TPSA) is 30.7 Å². The van der Waals surface area contributed by atoms with Crippen LogP contribution in [0.3, 0.4) is 0 Å². The summed E-state index contributed by atoms with van der Waals surface area (Å²) in [6, 6.07) is 3.59. The largest absolute Gasteiger partial charge is 0.416 e. The lowest BCUT2D eigenvalue weighted by Gasteiger charge is -2.07. The molecule has 2 aromatic heterocycles. The van der Waals surface area contributed by atoms with E-state index in [-0.39, 0.29) is 5.82 Å². The number of hydrogen-bond donors (Lipinski definition) is 0. The van der Waals surface area contributed by atoms with Gasteiger partial charge in [-0.05, 0) is 25.1 Å². The van der Waals surface area contributed by atoms with Crippen molar-refractivity contribution in [1.82, 2.24) is 14.8 Å². The second-order valence-corrected chi connectivity index (χ2v) is 4.01. The predicted molar refractivity (Wildman–Crippen MR) is 67.1 cm³/mol. The van der Waals surface area contributed by atoms with E-state index in [1.165, 1.54) is 11.1 Å². The Morgan fingerprint density at radius 2 is 1.84 bits per heavy atom. The van der Waals surface area contributed by atoms with Gasteiger partial charge in [0.1, 0.15) is 0 Å². The molecule has 0 bridgehead atoms. The van der Waals surface area contributed by atoms with Gasteiger partial charge in [0, 0.05) is 12.4 Å². The third-order valence-electron chi connectivity index (χ3n) is 2.03. The summed E-state index contributed by atoms with van der Waals surface area (Å²) in [6.45, 7) is 6.00. The summed E-state index contributed by atoms with van der Waals surface area (Å²) in [4.78, 5) is 3.84. The Morgan fingerprint density at radius 3 is 2.32 bits per heavy atom. The molecule has 0 atom stereocenters. The van der Waals surface area contributed by atoms with E-state index in [0.29, 0.717) is 0 Å². The van der Waals surface area contributed by atoms with Gasteiger partial charge in [0.2, 0.25) is 0 Å². The smallest absolute Gasteiger partial charge is 0.237 e. The van der Waals surface area contributed by atoms with Gasteiger partial charge >= 0.3 is 6.18 Å². The zero-order chi connectivity index (χ0) is 14.5. The maximum Gasteiger partial charge on any atom is 0.416 e. The van der Waals surface area contributed by atoms with E-state index in [2.05, 4.69) is 23.9 Å². The molecule has 0 saturated heterocycles. The molecule has 0 aliphatic carbocycles. The van der Waals surface area contributed by atoms with Crippen LogP contribution in [0.25, 0.3) is 5.82 Å². The number of pyridine rings is 1. The first kappa shape index (κ1) is 15.2. The van der Waals surface area contributed by atoms with Crippen molar-refractivity contribution in [3.05, 3.63) is 41.9 Å². The highest BCUT2D eigenvalue weighted by atomic mass is 19.4. The molecule has 3 nitrogen and oxygen atoms in total. The Hall–Kier alpha value is -1.85. The summed E-state index contributed by atoms with van der Waals surface area (Å²) < 4.78 is 38.6. The summed E-state index contributed by atoms with van der Waals surface area (Å²) >= 11 is 0. The summed E-state index contributed by atoms with van der Waals surface area (Å²) in [5, 5.41) is 3.99. The fourth-order valence-corrected chi connectivity index (χ4v) is 1.26. The molecule has 0 spiro atoms. The van der Waals surface area contributed by atoms with Crippen molar-refractivity contribution in [2.75, 3.05) is 0 Å². The van der Waals surface area contributed by atoms with Gasteiger partial charge in [-0.1, -0.05) is 20.3 Å². The highest BCUT2D eigenvalue weighted by Crippen LogP contribution is 2.29. The van der Waals surface area contributed by atoms with Crippen molar-refractivity contribution in [2.45, 2.75) is 33.4 Å². The van der Waals surface area contributed by atoms with Crippen molar-refractivity contribution >= 4 is 0 Å². The van der Waals surface area contributed by atoms with Crippen molar-refractivity contribution in [3.63, 3.8) is 0 Å². The molecule has 2 aromatic rings. The average Bonchev–Trinajstić information content (AvgIpc) is 2.76. The van der Waals surface area contributed by atoms with Crippen molar-refractivity contribution in [3.8, 4) is 5.82 Å². The number of nitrogens with zero attached hydrogens (tertiary/aromatic N) is 3. The van der Waals surface area contributed by atoms with Crippen LogP contribution in [0.4, 0.5) is 13.2 Å². The van der Waals surface area contributed by atoms with E-state index in [1.54, 1.807) is 19.2 Å². The van der Waals surface area contributed by atoms with E-state index in [4.69, 9.17) is 0 Å². The highest BCUT2D eigenvalue weighted by molar-refractivity contribution is 5.29. The molecular weight excluding hydrogens is 255 g/mol. The first-order chi connectivity index (χ1) is 8.88. The van der Waals surface area contributed by atoms with Crippen LogP contribution in [-0.4, -0.2) is 14.8 Å². The summed E-state index contributed by atoms with van der Waals surface area (Å²) in [6.07, 6.45) is -0.424. The Bertz CT molecular complexity index is 518. The lowest BCUT2D eigenvalue weighted by atomic mass is 10.2. The third kappa shape index (κ3) is 4.39. The molecule has 0 saturated carbocycles. The standard InChI is InChI=1S/C10H8F3N3.C3H8/c1-7-3-5-16(15-7)9-6-8(2-4-14-9)10(11,12)13;1-3-2/h2-6H,1H3;3H2,1-2H3. The number of hydrogen-bond acceptors (Lipinski definition) is 2. The lowest BCUT2D eigenvalue weighted by molar-refractivity contribution is -0.137. The van der Waals surface area contributed by atoms with E-state index < -0.39 is 11.7 Å². The van der Waals surface area contributed by atoms with Crippen molar-refractivity contribution in [2.24, 2.45) is 0 Å². The van der Waals surface area contributed by atoms with Gasteiger partial charge in [-0.25, -0.2) is 9.67 Å². The molecule has 0 aliphatic rings. The van der Waals surface area contributed by atoms with Gasteiger partial charge in [-0.3, -0.25) is 0 Å². The first-order valence-corrected chi connectivity index (χ1v) is 5.94. The van der Waals surface area contributed by atoms with E-state index >= 15 is 0 Å². The Morgan fingerprint density at radius 1 is 1.21 bits per heavy atom. The monoisotopic (exact) mass is 271 g/mol. The molecule has 0 amide bonds. The molecule has 0 aliphatic heterocycles. The van der Waals surface area contributed by atoms with Crippen molar-refractivity contribution in [1.29, 1.82) is 0 Å². The molecule has 0 unspecified atom stereocenters. The molecule has 0 aromatic carbocycles. The zero-order valence-electron chi connectivity index (χ0n) is 11.1. The molecule has 0 radical (unpaired) electrons. The molecule has 0 N–H and O–H groups in total. The van der Waals surface area contributed by atoms with Crippen molar-refractivity contribution < 1.29 is 13.2 Å². The second-order valence-electron chi connectivity index (χ2n) is 4.01. The second kappa shape index (κ2) is 6.36. The lowest BCUT2D eigenvalue weighted by Crippen LogP contribution is -2.07. The fraction of sp³-hybridized carbons (Fsp3) is 0.385. The zero-order valence-corrected chi connectivity index (χ0v) is 11.1. The van der Waals surface area contributed by atoms with Crippen LogP contribution in [0.1, 0.15) is 31.5 Å². The van der Waals surface area contributed by atoms with E-state index in [0.717, 1.165) is 24.0 Å². The van der Waals surface area contributed by atoms with Gasteiger partial charge in [0.15, 0.2) is 5.82 Å². The Balaban J connectivity index is 0.000000550. The first-order valence-electron chi connectivity index (χ1n) is 5.94. The fourth-order valence-electron chi connectivity index (χ4n) is 1.26. The average molecular weight is 271 g/mol. The molecule has 104 valence electrons. The maximum absolute atomic E-state index is 12.4. The molecule has 6 heteroatoms. The van der Waals surface area contributed by atoms with Crippen LogP contribution >= 0.6 is 0 Å². The third-order valence-corrected chi connectivity index (χ3v) is 2.03. The summed E-state index contributed by atoms with van der Waals surface area (Å²) in [5.41, 5.74) is -0.00938. The van der Waals surface area contributed by atoms with Crippen LogP contribution in [0.5, 0.6) is 0 Å². The number of aromatic nitrogens is 3. The van der Waals surface area contributed by atoms with Crippen LogP contribution in [0.2, 0.25) is 0 Å². The highest BCUT2D eigenvalue weighted by Gasteiger charge is 2.30. The minimum absolute atomic E-state index is 0.155. The molecule has 19 heavy (non-hydrogen) atoms. The maximum atomic E-state index is 12.4. The summed E-state index contributed by atoms with van der Waals surface area (Å²) in [7, 11) is 0. The van der Waals surface area contributed by atoms with Crippen LogP contribution in [-0.2, 0) is 6.18 Å². The SMILES string of the molecule is CCC.Cc1ccn(-c2cc(C(F)(F)F)ccn2)n1. The molecule has 2 heterocycles. The van der Waals surface area contributed by atoms with Crippen LogP contribution < -0.4 is 0 Å². The normalized spacial score (nSPS) is 10.8. The molecule has 2 rings (SSSR count). The minimum Gasteiger partial charge on any atom is -0.237 e. The van der Waals surface area contributed by atoms with Crippen LogP contribution in [0.15, 0.2) is 30.6 Å². The summed E-state index contributed by atoms with van der Waals surface area (Å²) in [5.74, 6) is 0.155. The molecular formula is C13H16F3N3. The van der Waals surface area contributed by atoms with Gasteiger partial charge in [-0.15, -0.1) is 0 Å². The molecule has 0 fully saturated rings. The quantitative estimate of drug-likeness (QED) is 0.784. The minimum atomic E-state index is -4.36. The van der Waals surface area contributed by atoms with Gasteiger partial charge in [-0.2, -0.15) is 18.3 Å². The number of alkyl halides is 3. The number of aryl methyl sites for hydroxylation is 1. The number of rotatable bonds is 1. The predicted octanol–water partition coefficient (Wildman–Crippen LogP) is 4.01. The van der Waals surface area contributed by atoms with Gasteiger partial charge < -0.3 is 0 Å². The Kier molecular flexibility index (Phi) is 5.09.